The molecule has 31 heavy (non-hydrogen) atoms. The van der Waals surface area contributed by atoms with Crippen LogP contribution in [0.4, 0.5) is 5.69 Å². The van der Waals surface area contributed by atoms with E-state index in [4.69, 9.17) is 23.2 Å². The first-order valence-electron chi connectivity index (χ1n) is 9.57. The normalized spacial score (nSPS) is 17.9. The molecule has 2 N–H and O–H groups in total. The molecule has 1 aliphatic carbocycles. The number of amides is 1. The van der Waals surface area contributed by atoms with Crippen molar-refractivity contribution in [2.75, 3.05) is 5.32 Å². The molecule has 0 spiro atoms. The quantitative estimate of drug-likeness (QED) is 0.522. The van der Waals surface area contributed by atoms with Gasteiger partial charge in [0.2, 0.25) is 15.9 Å². The smallest absolute Gasteiger partial charge is 0.240 e. The number of sulfonamides is 1. The summed E-state index contributed by atoms with van der Waals surface area (Å²) in [5.41, 5.74) is 2.30. The number of nitrogens with zero attached hydrogens (tertiary/aromatic N) is 1. The van der Waals surface area contributed by atoms with E-state index in [2.05, 4.69) is 15.0 Å². The largest absolute Gasteiger partial charge is 0.326 e. The van der Waals surface area contributed by atoms with Gasteiger partial charge in [0.15, 0.2) is 0 Å². The Kier molecular flexibility index (Phi) is 6.29. The van der Waals surface area contributed by atoms with E-state index < -0.39 is 10.0 Å². The van der Waals surface area contributed by atoms with E-state index in [0.717, 1.165) is 12.0 Å². The van der Waals surface area contributed by atoms with Crippen LogP contribution in [-0.2, 0) is 21.4 Å². The minimum Gasteiger partial charge on any atom is -0.326 e. The zero-order chi connectivity index (χ0) is 22.0. The van der Waals surface area contributed by atoms with Gasteiger partial charge in [0.25, 0.3) is 0 Å². The molecular weight excluding hydrogens is 457 g/mol. The van der Waals surface area contributed by atoms with Crippen molar-refractivity contribution in [1.82, 2.24) is 9.71 Å². The highest BCUT2D eigenvalue weighted by Crippen LogP contribution is 2.47. The van der Waals surface area contributed by atoms with Crippen LogP contribution in [0.3, 0.4) is 0 Å². The van der Waals surface area contributed by atoms with Gasteiger partial charge in [-0.15, -0.1) is 0 Å². The van der Waals surface area contributed by atoms with Crippen molar-refractivity contribution < 1.29 is 13.2 Å². The topological polar surface area (TPSA) is 88.2 Å². The zero-order valence-electron chi connectivity index (χ0n) is 16.3. The van der Waals surface area contributed by atoms with E-state index in [0.29, 0.717) is 21.3 Å². The lowest BCUT2D eigenvalue weighted by atomic mass is 10.1. The Hall–Kier alpha value is -2.45. The lowest BCUT2D eigenvalue weighted by Gasteiger charge is -2.09. The number of aromatic nitrogens is 1. The number of hydrogen-bond acceptors (Lipinski definition) is 4. The standard InChI is InChI=1S/C22H19Cl2N3O3S/c23-16-9-14(10-17(24)11-16)13-26-31(29,30)19-3-1-18(2-4-19)27-22(28)21-12-20(21)15-5-7-25-8-6-15/h1-11,20-21,26H,12-13H2,(H,27,28). The monoisotopic (exact) mass is 475 g/mol. The summed E-state index contributed by atoms with van der Waals surface area (Å²) < 4.78 is 27.6. The molecule has 0 saturated heterocycles. The molecule has 0 radical (unpaired) electrons. The number of hydrogen-bond donors (Lipinski definition) is 2. The molecule has 0 bridgehead atoms. The van der Waals surface area contributed by atoms with Crippen LogP contribution in [-0.4, -0.2) is 19.3 Å². The number of rotatable bonds is 7. The summed E-state index contributed by atoms with van der Waals surface area (Å²) in [7, 11) is -3.73. The van der Waals surface area contributed by atoms with Crippen LogP contribution in [0.25, 0.3) is 0 Å². The van der Waals surface area contributed by atoms with Crippen molar-refractivity contribution in [3.05, 3.63) is 88.2 Å². The highest BCUT2D eigenvalue weighted by atomic mass is 35.5. The predicted octanol–water partition coefficient (Wildman–Crippen LogP) is 4.61. The third-order valence-electron chi connectivity index (χ3n) is 5.08. The third-order valence-corrected chi connectivity index (χ3v) is 6.94. The summed E-state index contributed by atoms with van der Waals surface area (Å²) in [6.07, 6.45) is 4.23. The van der Waals surface area contributed by atoms with Gasteiger partial charge in [-0.25, -0.2) is 13.1 Å². The van der Waals surface area contributed by atoms with Crippen molar-refractivity contribution in [3.63, 3.8) is 0 Å². The minimum absolute atomic E-state index is 0.0547. The maximum atomic E-state index is 12.6. The van der Waals surface area contributed by atoms with Gasteiger partial charge in [-0.05, 0) is 78.1 Å². The average molecular weight is 476 g/mol. The van der Waals surface area contributed by atoms with Crippen LogP contribution in [0.15, 0.2) is 71.9 Å². The second-order valence-electron chi connectivity index (χ2n) is 7.35. The Labute approximate surface area is 190 Å². The molecule has 1 saturated carbocycles. The van der Waals surface area contributed by atoms with Crippen LogP contribution < -0.4 is 10.0 Å². The van der Waals surface area contributed by atoms with Crippen molar-refractivity contribution in [2.24, 2.45) is 5.92 Å². The van der Waals surface area contributed by atoms with Gasteiger partial charge in [0.1, 0.15) is 0 Å². The molecule has 2 aromatic carbocycles. The second kappa shape index (κ2) is 8.96. The first kappa shape index (κ1) is 21.8. The highest BCUT2D eigenvalue weighted by molar-refractivity contribution is 7.89. The molecule has 4 rings (SSSR count). The maximum Gasteiger partial charge on any atom is 0.240 e. The number of carbonyl (C=O) groups excluding carboxylic acids is 1. The van der Waals surface area contributed by atoms with Crippen molar-refractivity contribution in [3.8, 4) is 0 Å². The first-order chi connectivity index (χ1) is 14.8. The predicted molar refractivity (Wildman–Crippen MR) is 121 cm³/mol. The molecule has 6 nitrogen and oxygen atoms in total. The Morgan fingerprint density at radius 1 is 1.00 bits per heavy atom. The number of carbonyl (C=O) groups is 1. The van der Waals surface area contributed by atoms with Crippen LogP contribution in [0, 0.1) is 5.92 Å². The number of halogens is 2. The minimum atomic E-state index is -3.73. The number of anilines is 1. The van der Waals surface area contributed by atoms with Crippen LogP contribution in [0.1, 0.15) is 23.5 Å². The summed E-state index contributed by atoms with van der Waals surface area (Å²) in [5, 5.41) is 3.72. The SMILES string of the molecule is O=C(Nc1ccc(S(=O)(=O)NCc2cc(Cl)cc(Cl)c2)cc1)C1CC1c1ccncc1. The lowest BCUT2D eigenvalue weighted by Crippen LogP contribution is -2.23. The maximum absolute atomic E-state index is 12.6. The fourth-order valence-electron chi connectivity index (χ4n) is 3.39. The molecule has 1 heterocycles. The van der Waals surface area contributed by atoms with Crippen LogP contribution in [0.2, 0.25) is 10.0 Å². The number of nitrogens with one attached hydrogen (secondary N) is 2. The van der Waals surface area contributed by atoms with Gasteiger partial charge >= 0.3 is 0 Å². The van der Waals surface area contributed by atoms with Gasteiger partial charge in [-0.3, -0.25) is 9.78 Å². The Balaban J connectivity index is 1.35. The van der Waals surface area contributed by atoms with Gasteiger partial charge in [-0.2, -0.15) is 0 Å². The molecule has 160 valence electrons. The molecule has 3 aromatic rings. The fraction of sp³-hybridized carbons (Fsp3) is 0.182. The van der Waals surface area contributed by atoms with Crippen LogP contribution >= 0.6 is 23.2 Å². The molecule has 0 aliphatic heterocycles. The summed E-state index contributed by atoms with van der Waals surface area (Å²) in [5.74, 6) is 0.0391. The zero-order valence-corrected chi connectivity index (χ0v) is 18.6. The van der Waals surface area contributed by atoms with Gasteiger partial charge in [-0.1, -0.05) is 23.2 Å². The van der Waals surface area contributed by atoms with Gasteiger partial charge in [0, 0.05) is 40.6 Å². The lowest BCUT2D eigenvalue weighted by molar-refractivity contribution is -0.117. The molecule has 9 heteroatoms. The Morgan fingerprint density at radius 2 is 1.65 bits per heavy atom. The summed E-state index contributed by atoms with van der Waals surface area (Å²) in [6.45, 7) is 0.0547. The van der Waals surface area contributed by atoms with Gasteiger partial charge < -0.3 is 5.32 Å². The Morgan fingerprint density at radius 3 is 2.29 bits per heavy atom. The van der Waals surface area contributed by atoms with E-state index in [1.54, 1.807) is 42.7 Å². The molecule has 1 aromatic heterocycles. The summed E-state index contributed by atoms with van der Waals surface area (Å²) in [4.78, 5) is 16.6. The van der Waals surface area contributed by atoms with Crippen molar-refractivity contribution in [1.29, 1.82) is 0 Å². The highest BCUT2D eigenvalue weighted by Gasteiger charge is 2.43. The molecule has 2 atom stereocenters. The van der Waals surface area contributed by atoms with E-state index >= 15 is 0 Å². The summed E-state index contributed by atoms with van der Waals surface area (Å²) >= 11 is 11.9. The number of benzene rings is 2. The first-order valence-corrected chi connectivity index (χ1v) is 11.8. The van der Waals surface area contributed by atoms with Crippen molar-refractivity contribution >= 4 is 44.8 Å². The van der Waals surface area contributed by atoms with Gasteiger partial charge in [0.05, 0.1) is 4.90 Å². The molecule has 1 amide bonds. The fourth-order valence-corrected chi connectivity index (χ4v) is 4.98. The van der Waals surface area contributed by atoms with E-state index in [-0.39, 0.29) is 29.2 Å². The molecule has 1 aliphatic rings. The molecular formula is C22H19Cl2N3O3S. The van der Waals surface area contributed by atoms with Crippen molar-refractivity contribution in [2.45, 2.75) is 23.8 Å². The van der Waals surface area contributed by atoms with E-state index in [1.165, 1.54) is 12.1 Å². The second-order valence-corrected chi connectivity index (χ2v) is 9.98. The third kappa shape index (κ3) is 5.43. The van der Waals surface area contributed by atoms with E-state index in [1.807, 2.05) is 12.1 Å². The Bertz CT molecular complexity index is 1180. The molecule has 2 unspecified atom stereocenters. The van der Waals surface area contributed by atoms with Crippen LogP contribution in [0.5, 0.6) is 0 Å². The molecule has 1 fully saturated rings. The van der Waals surface area contributed by atoms with E-state index in [9.17, 15) is 13.2 Å². The average Bonchev–Trinajstić information content (AvgIpc) is 3.54. The summed E-state index contributed by atoms with van der Waals surface area (Å²) in [6, 6.07) is 14.8. The number of pyridine rings is 1.